The molecule has 2 rings (SSSR count). The van der Waals surface area contributed by atoms with Crippen molar-refractivity contribution in [3.8, 4) is 5.75 Å². The molecule has 0 aromatic heterocycles. The predicted molar refractivity (Wildman–Crippen MR) is 86.8 cm³/mol. The highest BCUT2D eigenvalue weighted by atomic mass is 32.2. The molecule has 0 bridgehead atoms. The second kappa shape index (κ2) is 6.62. The lowest BCUT2D eigenvalue weighted by atomic mass is 10.1. The van der Waals surface area contributed by atoms with Crippen molar-refractivity contribution in [2.24, 2.45) is 5.10 Å². The third kappa shape index (κ3) is 3.65. The van der Waals surface area contributed by atoms with Gasteiger partial charge < -0.3 is 4.74 Å². The van der Waals surface area contributed by atoms with Gasteiger partial charge in [0.05, 0.1) is 13.3 Å². The van der Waals surface area contributed by atoms with Crippen LogP contribution >= 0.6 is 0 Å². The first-order valence-electron chi connectivity index (χ1n) is 6.69. The first kappa shape index (κ1) is 16.0. The molecule has 0 radical (unpaired) electrons. The molecule has 22 heavy (non-hydrogen) atoms. The Balaban J connectivity index is 2.25. The van der Waals surface area contributed by atoms with E-state index in [0.29, 0.717) is 0 Å². The van der Waals surface area contributed by atoms with Crippen molar-refractivity contribution in [1.29, 1.82) is 0 Å². The molecule has 0 aliphatic heterocycles. The zero-order chi connectivity index (χ0) is 16.2. The van der Waals surface area contributed by atoms with Crippen molar-refractivity contribution in [1.82, 2.24) is 4.83 Å². The second-order valence-electron chi connectivity index (χ2n) is 4.86. The Morgan fingerprint density at radius 2 is 1.86 bits per heavy atom. The molecule has 0 unspecified atom stereocenters. The van der Waals surface area contributed by atoms with E-state index in [1.807, 2.05) is 38.1 Å². The van der Waals surface area contributed by atoms with E-state index in [2.05, 4.69) is 9.93 Å². The summed E-state index contributed by atoms with van der Waals surface area (Å²) in [5.74, 6) is 0.282. The highest BCUT2D eigenvalue weighted by Crippen LogP contribution is 2.24. The molecular formula is C16H18N2O3S. The molecule has 0 saturated heterocycles. The zero-order valence-corrected chi connectivity index (χ0v) is 13.5. The molecule has 116 valence electrons. The molecular weight excluding hydrogens is 300 g/mol. The minimum atomic E-state index is -3.78. The van der Waals surface area contributed by atoms with Crippen LogP contribution in [0.2, 0.25) is 0 Å². The summed E-state index contributed by atoms with van der Waals surface area (Å²) < 4.78 is 29.8. The summed E-state index contributed by atoms with van der Waals surface area (Å²) in [6.45, 7) is 3.74. The summed E-state index contributed by atoms with van der Waals surface area (Å²) in [6.07, 6.45) is 1.48. The molecule has 0 aliphatic rings. The standard InChI is InChI=1S/C16H18N2O3S/c1-12-8-9-15(21-3)16(10-12)22(19,20)18-17-11-14-7-5-4-6-13(14)2/h4-11,18H,1-3H3/b17-11+. The lowest BCUT2D eigenvalue weighted by Gasteiger charge is -2.09. The van der Waals surface area contributed by atoms with Gasteiger partial charge in [0.1, 0.15) is 10.6 Å². The first-order chi connectivity index (χ1) is 10.4. The van der Waals surface area contributed by atoms with E-state index in [9.17, 15) is 8.42 Å². The van der Waals surface area contributed by atoms with Crippen LogP contribution in [0.3, 0.4) is 0 Å². The van der Waals surface area contributed by atoms with E-state index in [0.717, 1.165) is 16.7 Å². The average Bonchev–Trinajstić information content (AvgIpc) is 2.49. The summed E-state index contributed by atoms with van der Waals surface area (Å²) in [4.78, 5) is 2.28. The topological polar surface area (TPSA) is 67.8 Å². The van der Waals surface area contributed by atoms with Gasteiger partial charge in [-0.3, -0.25) is 0 Å². The number of methoxy groups -OCH3 is 1. The van der Waals surface area contributed by atoms with Crippen LogP contribution in [0, 0.1) is 13.8 Å². The van der Waals surface area contributed by atoms with Crippen LogP contribution in [0.1, 0.15) is 16.7 Å². The fourth-order valence-electron chi connectivity index (χ4n) is 1.94. The first-order valence-corrected chi connectivity index (χ1v) is 8.17. The van der Waals surface area contributed by atoms with Gasteiger partial charge in [-0.2, -0.15) is 18.4 Å². The number of aryl methyl sites for hydroxylation is 2. The van der Waals surface area contributed by atoms with Crippen molar-refractivity contribution < 1.29 is 13.2 Å². The van der Waals surface area contributed by atoms with Gasteiger partial charge >= 0.3 is 0 Å². The van der Waals surface area contributed by atoms with Gasteiger partial charge in [0, 0.05) is 0 Å². The van der Waals surface area contributed by atoms with Gasteiger partial charge in [0.2, 0.25) is 0 Å². The summed E-state index contributed by atoms with van der Waals surface area (Å²) in [5.41, 5.74) is 2.68. The predicted octanol–water partition coefficient (Wildman–Crippen LogP) is 2.62. The van der Waals surface area contributed by atoms with E-state index in [-0.39, 0.29) is 10.6 Å². The van der Waals surface area contributed by atoms with Crippen LogP contribution < -0.4 is 9.57 Å². The van der Waals surface area contributed by atoms with Crippen molar-refractivity contribution in [3.63, 3.8) is 0 Å². The maximum atomic E-state index is 12.3. The summed E-state index contributed by atoms with van der Waals surface area (Å²) in [7, 11) is -2.35. The highest BCUT2D eigenvalue weighted by molar-refractivity contribution is 7.89. The molecule has 1 N–H and O–H groups in total. The molecule has 6 heteroatoms. The van der Waals surface area contributed by atoms with Gasteiger partial charge in [-0.15, -0.1) is 0 Å². The zero-order valence-electron chi connectivity index (χ0n) is 12.7. The number of rotatable bonds is 5. The maximum Gasteiger partial charge on any atom is 0.280 e. The van der Waals surface area contributed by atoms with Crippen molar-refractivity contribution in [2.75, 3.05) is 7.11 Å². The largest absolute Gasteiger partial charge is 0.495 e. The van der Waals surface area contributed by atoms with E-state index in [1.54, 1.807) is 18.2 Å². The molecule has 0 saturated carbocycles. The molecule has 2 aromatic rings. The molecule has 0 heterocycles. The van der Waals surface area contributed by atoms with Crippen LogP contribution in [0.15, 0.2) is 52.5 Å². The quantitative estimate of drug-likeness (QED) is 0.680. The minimum absolute atomic E-state index is 0.0666. The number of nitrogens with one attached hydrogen (secondary N) is 1. The van der Waals surface area contributed by atoms with Crippen LogP contribution in [0.4, 0.5) is 0 Å². The van der Waals surface area contributed by atoms with Crippen molar-refractivity contribution >= 4 is 16.2 Å². The monoisotopic (exact) mass is 318 g/mol. The lowest BCUT2D eigenvalue weighted by Crippen LogP contribution is -2.19. The number of sulfonamides is 1. The number of hydrazone groups is 1. The molecule has 0 spiro atoms. The Morgan fingerprint density at radius 3 is 2.55 bits per heavy atom. The smallest absolute Gasteiger partial charge is 0.280 e. The van der Waals surface area contributed by atoms with Crippen molar-refractivity contribution in [2.45, 2.75) is 18.7 Å². The summed E-state index contributed by atoms with van der Waals surface area (Å²) >= 11 is 0. The summed E-state index contributed by atoms with van der Waals surface area (Å²) in [6, 6.07) is 12.5. The summed E-state index contributed by atoms with van der Waals surface area (Å²) in [5, 5.41) is 3.84. The third-order valence-corrected chi connectivity index (χ3v) is 4.42. The molecule has 0 atom stereocenters. The SMILES string of the molecule is COc1ccc(C)cc1S(=O)(=O)N/N=C/c1ccccc1C. The van der Waals surface area contributed by atoms with Gasteiger partial charge in [-0.1, -0.05) is 30.3 Å². The number of benzene rings is 2. The van der Waals surface area contributed by atoms with E-state index >= 15 is 0 Å². The minimum Gasteiger partial charge on any atom is -0.495 e. The highest BCUT2D eigenvalue weighted by Gasteiger charge is 2.18. The molecule has 0 amide bonds. The fourth-order valence-corrected chi connectivity index (χ4v) is 2.99. The lowest BCUT2D eigenvalue weighted by molar-refractivity contribution is 0.402. The molecule has 0 aliphatic carbocycles. The van der Waals surface area contributed by atoms with Crippen LogP contribution in [-0.2, 0) is 10.0 Å². The molecule has 0 fully saturated rings. The molecule has 5 nitrogen and oxygen atoms in total. The van der Waals surface area contributed by atoms with Gasteiger partial charge in [-0.05, 0) is 42.7 Å². The Morgan fingerprint density at radius 1 is 1.14 bits per heavy atom. The van der Waals surface area contributed by atoms with Gasteiger partial charge in [-0.25, -0.2) is 0 Å². The molecule has 2 aromatic carbocycles. The van der Waals surface area contributed by atoms with E-state index in [4.69, 9.17) is 4.74 Å². The van der Waals surface area contributed by atoms with Crippen LogP contribution in [0.5, 0.6) is 5.75 Å². The van der Waals surface area contributed by atoms with Gasteiger partial charge in [0.15, 0.2) is 0 Å². The third-order valence-electron chi connectivity index (χ3n) is 3.17. The van der Waals surface area contributed by atoms with E-state index < -0.39 is 10.0 Å². The maximum absolute atomic E-state index is 12.3. The number of hydrogen-bond acceptors (Lipinski definition) is 4. The van der Waals surface area contributed by atoms with Crippen LogP contribution in [0.25, 0.3) is 0 Å². The second-order valence-corrected chi connectivity index (χ2v) is 6.49. The normalized spacial score (nSPS) is 11.6. The van der Waals surface area contributed by atoms with Gasteiger partial charge in [0.25, 0.3) is 10.0 Å². The Bertz CT molecular complexity index is 799. The fraction of sp³-hybridized carbons (Fsp3) is 0.188. The number of hydrogen-bond donors (Lipinski definition) is 1. The Hall–Kier alpha value is -2.34. The number of nitrogens with zero attached hydrogens (tertiary/aromatic N) is 1. The Kier molecular flexibility index (Phi) is 4.82. The Labute approximate surface area is 130 Å². The van der Waals surface area contributed by atoms with Crippen molar-refractivity contribution in [3.05, 3.63) is 59.2 Å². The average molecular weight is 318 g/mol. The van der Waals surface area contributed by atoms with Crippen LogP contribution in [-0.4, -0.2) is 21.7 Å². The number of ether oxygens (including phenoxy) is 1. The van der Waals surface area contributed by atoms with E-state index in [1.165, 1.54) is 13.3 Å².